The molecule has 1 aromatic heterocycles. The molecule has 0 radical (unpaired) electrons. The minimum Gasteiger partial charge on any atom is -0.394 e. The van der Waals surface area contributed by atoms with Crippen molar-refractivity contribution in [2.24, 2.45) is 0 Å². The number of aromatic nitrogens is 1. The third-order valence-electron chi connectivity index (χ3n) is 3.11. The van der Waals surface area contributed by atoms with Crippen LogP contribution in [0.25, 0.3) is 0 Å². The summed E-state index contributed by atoms with van der Waals surface area (Å²) in [5, 5.41) is 30.3. The molecule has 6 nitrogen and oxygen atoms in total. The summed E-state index contributed by atoms with van der Waals surface area (Å²) in [6, 6.07) is 2.99. The van der Waals surface area contributed by atoms with Gasteiger partial charge in [0, 0.05) is 16.7 Å². The molecule has 0 saturated heterocycles. The van der Waals surface area contributed by atoms with Crippen molar-refractivity contribution in [3.63, 3.8) is 0 Å². The minimum atomic E-state index is -1.48. The molecule has 118 valence electrons. The topological polar surface area (TPSA) is 103 Å². The lowest BCUT2D eigenvalue weighted by Gasteiger charge is -2.29. The zero-order chi connectivity index (χ0) is 16.3. The molecule has 7 heteroatoms. The van der Waals surface area contributed by atoms with E-state index in [-0.39, 0.29) is 16.1 Å². The molecular weight excluding hydrogens is 296 g/mol. The standard InChI is InChI=1S/C14H21ClN2O4/c1-13(2,3)10-4-9(5-11(15)16-10)12(21)17-14(6-18,7-19)8-20/h4-5,18-20H,6-8H2,1-3H3,(H,17,21). The molecule has 0 spiro atoms. The number of aliphatic hydroxyl groups excluding tert-OH is 3. The van der Waals surface area contributed by atoms with Gasteiger partial charge in [0.25, 0.3) is 5.91 Å². The minimum absolute atomic E-state index is 0.176. The van der Waals surface area contributed by atoms with Gasteiger partial charge in [-0.15, -0.1) is 0 Å². The van der Waals surface area contributed by atoms with Crippen LogP contribution in [-0.4, -0.2) is 51.6 Å². The maximum atomic E-state index is 12.2. The van der Waals surface area contributed by atoms with Gasteiger partial charge in [0.2, 0.25) is 0 Å². The molecule has 0 saturated carbocycles. The summed E-state index contributed by atoms with van der Waals surface area (Å²) in [6.07, 6.45) is 0. The van der Waals surface area contributed by atoms with Crippen molar-refractivity contribution >= 4 is 17.5 Å². The molecule has 0 bridgehead atoms. The van der Waals surface area contributed by atoms with Gasteiger partial charge in [0.05, 0.1) is 19.8 Å². The summed E-state index contributed by atoms with van der Waals surface area (Å²) in [4.78, 5) is 16.4. The molecule has 0 unspecified atom stereocenters. The number of nitrogens with one attached hydrogen (secondary N) is 1. The Kier molecular flexibility index (Phi) is 5.69. The van der Waals surface area contributed by atoms with Crippen LogP contribution in [-0.2, 0) is 5.41 Å². The molecule has 1 rings (SSSR count). The molecule has 21 heavy (non-hydrogen) atoms. The average molecular weight is 317 g/mol. The fourth-order valence-corrected chi connectivity index (χ4v) is 1.80. The number of carbonyl (C=O) groups excluding carboxylic acids is 1. The van der Waals surface area contributed by atoms with Crippen LogP contribution in [0.4, 0.5) is 0 Å². The second-order valence-corrected chi connectivity index (χ2v) is 6.41. The lowest BCUT2D eigenvalue weighted by atomic mass is 9.90. The summed E-state index contributed by atoms with van der Waals surface area (Å²) in [5.74, 6) is -0.554. The Bertz CT molecular complexity index is 502. The van der Waals surface area contributed by atoms with Crippen LogP contribution in [0.15, 0.2) is 12.1 Å². The normalized spacial score (nSPS) is 12.3. The molecule has 0 aliphatic heterocycles. The number of halogens is 1. The van der Waals surface area contributed by atoms with Crippen molar-refractivity contribution in [1.82, 2.24) is 10.3 Å². The predicted octanol–water partition coefficient (Wildman–Crippen LogP) is 0.478. The van der Waals surface area contributed by atoms with Gasteiger partial charge in [0.15, 0.2) is 0 Å². The second kappa shape index (κ2) is 6.70. The van der Waals surface area contributed by atoms with E-state index in [9.17, 15) is 20.1 Å². The van der Waals surface area contributed by atoms with E-state index in [1.54, 1.807) is 6.07 Å². The molecule has 1 amide bonds. The maximum absolute atomic E-state index is 12.2. The van der Waals surface area contributed by atoms with Gasteiger partial charge < -0.3 is 20.6 Å². The third kappa shape index (κ3) is 4.38. The molecule has 0 aliphatic carbocycles. The first-order valence-electron chi connectivity index (χ1n) is 6.50. The average Bonchev–Trinajstić information content (AvgIpc) is 2.43. The van der Waals surface area contributed by atoms with E-state index in [0.29, 0.717) is 5.69 Å². The molecule has 0 atom stereocenters. The molecule has 1 aromatic rings. The van der Waals surface area contributed by atoms with Gasteiger partial charge in [-0.05, 0) is 12.1 Å². The largest absolute Gasteiger partial charge is 0.394 e. The molecular formula is C14H21ClN2O4. The first kappa shape index (κ1) is 17.8. The highest BCUT2D eigenvalue weighted by Gasteiger charge is 2.31. The van der Waals surface area contributed by atoms with Crippen molar-refractivity contribution in [1.29, 1.82) is 0 Å². The quantitative estimate of drug-likeness (QED) is 0.592. The molecule has 1 heterocycles. The van der Waals surface area contributed by atoms with Crippen LogP contribution in [0.1, 0.15) is 36.8 Å². The SMILES string of the molecule is CC(C)(C)c1cc(C(=O)NC(CO)(CO)CO)cc(Cl)n1. The Hall–Kier alpha value is -1.21. The lowest BCUT2D eigenvalue weighted by molar-refractivity contribution is 0.0375. The Labute approximate surface area is 128 Å². The van der Waals surface area contributed by atoms with Crippen LogP contribution in [0, 0.1) is 0 Å². The van der Waals surface area contributed by atoms with Gasteiger partial charge in [-0.3, -0.25) is 4.79 Å². The smallest absolute Gasteiger partial charge is 0.252 e. The highest BCUT2D eigenvalue weighted by molar-refractivity contribution is 6.29. The van der Waals surface area contributed by atoms with Crippen LogP contribution >= 0.6 is 11.6 Å². The van der Waals surface area contributed by atoms with E-state index in [1.165, 1.54) is 6.07 Å². The summed E-state index contributed by atoms with van der Waals surface area (Å²) in [7, 11) is 0. The van der Waals surface area contributed by atoms with E-state index < -0.39 is 31.3 Å². The predicted molar refractivity (Wildman–Crippen MR) is 79.4 cm³/mol. The molecule has 0 fully saturated rings. The first-order chi connectivity index (χ1) is 9.67. The number of pyridine rings is 1. The van der Waals surface area contributed by atoms with Crippen LogP contribution < -0.4 is 5.32 Å². The monoisotopic (exact) mass is 316 g/mol. The first-order valence-corrected chi connectivity index (χ1v) is 6.88. The summed E-state index contributed by atoms with van der Waals surface area (Å²) in [6.45, 7) is 4.05. The molecule has 4 N–H and O–H groups in total. The van der Waals surface area contributed by atoms with Crippen LogP contribution in [0.5, 0.6) is 0 Å². The number of hydrogen-bond acceptors (Lipinski definition) is 5. The number of carbonyl (C=O) groups is 1. The fraction of sp³-hybridized carbons (Fsp3) is 0.571. The van der Waals surface area contributed by atoms with E-state index in [1.807, 2.05) is 20.8 Å². The van der Waals surface area contributed by atoms with Crippen molar-refractivity contribution in [3.05, 3.63) is 28.5 Å². The lowest BCUT2D eigenvalue weighted by Crippen LogP contribution is -2.57. The van der Waals surface area contributed by atoms with Crippen molar-refractivity contribution in [2.75, 3.05) is 19.8 Å². The molecule has 0 aliphatic rings. The maximum Gasteiger partial charge on any atom is 0.252 e. The van der Waals surface area contributed by atoms with Gasteiger partial charge in [-0.1, -0.05) is 32.4 Å². The van der Waals surface area contributed by atoms with E-state index in [4.69, 9.17) is 11.6 Å². The number of nitrogens with zero attached hydrogens (tertiary/aromatic N) is 1. The number of hydrogen-bond donors (Lipinski definition) is 4. The Balaban J connectivity index is 3.11. The Morgan fingerprint density at radius 3 is 2.14 bits per heavy atom. The van der Waals surface area contributed by atoms with E-state index in [0.717, 1.165) is 0 Å². The van der Waals surface area contributed by atoms with Crippen molar-refractivity contribution in [2.45, 2.75) is 31.7 Å². The Morgan fingerprint density at radius 2 is 1.71 bits per heavy atom. The summed E-state index contributed by atoms with van der Waals surface area (Å²) < 4.78 is 0. The van der Waals surface area contributed by atoms with Crippen molar-refractivity contribution < 1.29 is 20.1 Å². The van der Waals surface area contributed by atoms with E-state index >= 15 is 0 Å². The second-order valence-electron chi connectivity index (χ2n) is 6.02. The van der Waals surface area contributed by atoms with E-state index in [2.05, 4.69) is 10.3 Å². The third-order valence-corrected chi connectivity index (χ3v) is 3.31. The van der Waals surface area contributed by atoms with Gasteiger partial charge in [-0.2, -0.15) is 0 Å². The zero-order valence-electron chi connectivity index (χ0n) is 12.4. The molecule has 0 aromatic carbocycles. The number of rotatable bonds is 5. The zero-order valence-corrected chi connectivity index (χ0v) is 13.1. The highest BCUT2D eigenvalue weighted by atomic mass is 35.5. The fourth-order valence-electron chi connectivity index (χ4n) is 1.59. The van der Waals surface area contributed by atoms with Gasteiger partial charge in [0.1, 0.15) is 10.7 Å². The van der Waals surface area contributed by atoms with Gasteiger partial charge >= 0.3 is 0 Å². The number of aliphatic hydroxyl groups is 3. The van der Waals surface area contributed by atoms with Gasteiger partial charge in [-0.25, -0.2) is 4.98 Å². The van der Waals surface area contributed by atoms with Crippen molar-refractivity contribution in [3.8, 4) is 0 Å². The Morgan fingerprint density at radius 1 is 1.19 bits per heavy atom. The summed E-state index contributed by atoms with van der Waals surface area (Å²) >= 11 is 5.93. The van der Waals surface area contributed by atoms with Crippen LogP contribution in [0.3, 0.4) is 0 Å². The van der Waals surface area contributed by atoms with Crippen LogP contribution in [0.2, 0.25) is 5.15 Å². The number of amides is 1. The highest BCUT2D eigenvalue weighted by Crippen LogP contribution is 2.23. The summed E-state index contributed by atoms with van der Waals surface area (Å²) in [5.41, 5.74) is -0.876.